The maximum Gasteiger partial charge on any atom is 0.339 e. The molecule has 0 aliphatic carbocycles. The normalized spacial score (nSPS) is 17.3. The van der Waals surface area contributed by atoms with Gasteiger partial charge in [0.25, 0.3) is 0 Å². The van der Waals surface area contributed by atoms with Gasteiger partial charge in [0.15, 0.2) is 5.11 Å². The van der Waals surface area contributed by atoms with Crippen molar-refractivity contribution in [2.24, 2.45) is 0 Å². The van der Waals surface area contributed by atoms with Gasteiger partial charge in [-0.2, -0.15) is 0 Å². The molecule has 6 nitrogen and oxygen atoms in total. The number of methoxy groups -OCH3 is 1. The van der Waals surface area contributed by atoms with Crippen molar-refractivity contribution in [2.45, 2.75) is 25.9 Å². The van der Waals surface area contributed by atoms with Gasteiger partial charge in [-0.15, -0.1) is 0 Å². The zero-order valence-corrected chi connectivity index (χ0v) is 20.6. The Morgan fingerprint density at radius 3 is 2.54 bits per heavy atom. The molecule has 2 aromatic carbocycles. The minimum Gasteiger partial charge on any atom is -0.465 e. The Labute approximate surface area is 210 Å². The standard InChI is InChI=1S/C28H26N4O2S/c1-18-13-14-20(17-19(18)2)32-26(25(30-28(32)35)22-10-6-7-15-29-22)24-12-8-16-31(24)23-11-5-4-9-21(23)27(33)34-3/h4-17,25-26H,1-3H3,(H,30,35). The van der Waals surface area contributed by atoms with E-state index in [0.717, 1.165) is 22.8 Å². The third-order valence-electron chi connectivity index (χ3n) is 6.52. The molecule has 0 spiro atoms. The van der Waals surface area contributed by atoms with Gasteiger partial charge in [0.1, 0.15) is 6.04 Å². The maximum atomic E-state index is 12.6. The molecule has 3 heterocycles. The molecule has 0 amide bonds. The number of esters is 1. The molecule has 5 rings (SSSR count). The van der Waals surface area contributed by atoms with Gasteiger partial charge < -0.3 is 19.5 Å². The number of nitrogens with one attached hydrogen (secondary N) is 1. The second kappa shape index (κ2) is 9.35. The van der Waals surface area contributed by atoms with Gasteiger partial charge in [-0.3, -0.25) is 4.98 Å². The van der Waals surface area contributed by atoms with Crippen molar-refractivity contribution >= 4 is 29.0 Å². The third kappa shape index (κ3) is 4.08. The minimum atomic E-state index is -0.382. The smallest absolute Gasteiger partial charge is 0.339 e. The van der Waals surface area contributed by atoms with Crippen molar-refractivity contribution in [1.82, 2.24) is 14.9 Å². The predicted octanol–water partition coefficient (Wildman–Crippen LogP) is 5.45. The van der Waals surface area contributed by atoms with Crippen LogP contribution < -0.4 is 10.2 Å². The van der Waals surface area contributed by atoms with E-state index in [4.69, 9.17) is 17.0 Å². The van der Waals surface area contributed by atoms with Gasteiger partial charge in [0.2, 0.25) is 0 Å². The number of para-hydroxylation sites is 1. The summed E-state index contributed by atoms with van der Waals surface area (Å²) in [5, 5.41) is 4.14. The highest BCUT2D eigenvalue weighted by molar-refractivity contribution is 7.80. The van der Waals surface area contributed by atoms with Crippen molar-refractivity contribution in [1.29, 1.82) is 0 Å². The first-order valence-corrected chi connectivity index (χ1v) is 11.8. The Kier molecular flexibility index (Phi) is 6.09. The summed E-state index contributed by atoms with van der Waals surface area (Å²) in [6.07, 6.45) is 3.76. The lowest BCUT2D eigenvalue weighted by molar-refractivity contribution is 0.0600. The second-order valence-corrected chi connectivity index (χ2v) is 8.96. The number of thiocarbonyl (C=S) groups is 1. The van der Waals surface area contributed by atoms with Gasteiger partial charge in [-0.25, -0.2) is 4.79 Å². The molecule has 1 aliphatic heterocycles. The van der Waals surface area contributed by atoms with Crippen LogP contribution in [0.3, 0.4) is 0 Å². The highest BCUT2D eigenvalue weighted by Crippen LogP contribution is 2.42. The molecular weight excluding hydrogens is 456 g/mol. The van der Waals surface area contributed by atoms with Gasteiger partial charge in [-0.1, -0.05) is 24.3 Å². The number of rotatable bonds is 5. The molecule has 1 N–H and O–H groups in total. The summed E-state index contributed by atoms with van der Waals surface area (Å²) < 4.78 is 7.10. The molecule has 4 aromatic rings. The maximum absolute atomic E-state index is 12.6. The first-order valence-electron chi connectivity index (χ1n) is 11.4. The van der Waals surface area contributed by atoms with Crippen molar-refractivity contribution in [3.8, 4) is 5.69 Å². The van der Waals surface area contributed by atoms with E-state index in [2.05, 4.69) is 53.3 Å². The van der Waals surface area contributed by atoms with Crippen LogP contribution in [0.5, 0.6) is 0 Å². The number of anilines is 1. The molecule has 0 saturated carbocycles. The molecule has 7 heteroatoms. The lowest BCUT2D eigenvalue weighted by Gasteiger charge is -2.29. The van der Waals surface area contributed by atoms with Crippen LogP contribution in [0.15, 0.2) is 85.2 Å². The number of pyridine rings is 1. The van der Waals surface area contributed by atoms with Gasteiger partial charge in [0.05, 0.1) is 30.1 Å². The van der Waals surface area contributed by atoms with Crippen molar-refractivity contribution < 1.29 is 9.53 Å². The van der Waals surface area contributed by atoms with Gasteiger partial charge in [-0.05, 0) is 85.7 Å². The largest absolute Gasteiger partial charge is 0.465 e. The lowest BCUT2D eigenvalue weighted by Crippen LogP contribution is -2.30. The minimum absolute atomic E-state index is 0.191. The van der Waals surface area contributed by atoms with E-state index in [1.54, 1.807) is 12.3 Å². The fourth-order valence-corrected chi connectivity index (χ4v) is 4.98. The molecule has 1 aliphatic rings. The van der Waals surface area contributed by atoms with E-state index in [-0.39, 0.29) is 18.1 Å². The van der Waals surface area contributed by atoms with E-state index in [9.17, 15) is 4.79 Å². The Morgan fingerprint density at radius 1 is 1.00 bits per heavy atom. The van der Waals surface area contributed by atoms with Crippen LogP contribution in [-0.4, -0.2) is 27.7 Å². The molecule has 35 heavy (non-hydrogen) atoms. The van der Waals surface area contributed by atoms with Crippen molar-refractivity contribution in [2.75, 3.05) is 12.0 Å². The molecule has 176 valence electrons. The summed E-state index contributed by atoms with van der Waals surface area (Å²) in [7, 11) is 1.40. The van der Waals surface area contributed by atoms with E-state index in [1.807, 2.05) is 53.2 Å². The van der Waals surface area contributed by atoms with Crippen LogP contribution in [0.2, 0.25) is 0 Å². The van der Waals surface area contributed by atoms with Crippen LogP contribution in [0.4, 0.5) is 5.69 Å². The fourth-order valence-electron chi connectivity index (χ4n) is 4.63. The summed E-state index contributed by atoms with van der Waals surface area (Å²) in [4.78, 5) is 19.4. The zero-order chi connectivity index (χ0) is 24.5. The average Bonchev–Trinajstić information content (AvgIpc) is 3.50. The van der Waals surface area contributed by atoms with Gasteiger partial charge >= 0.3 is 5.97 Å². The van der Waals surface area contributed by atoms with Crippen molar-refractivity contribution in [3.63, 3.8) is 0 Å². The number of carbonyl (C=O) groups excluding carboxylic acids is 1. The lowest BCUT2D eigenvalue weighted by atomic mass is 9.99. The molecule has 1 fully saturated rings. The molecule has 2 atom stereocenters. The number of carbonyl (C=O) groups is 1. The first kappa shape index (κ1) is 22.8. The van der Waals surface area contributed by atoms with Crippen LogP contribution >= 0.6 is 12.2 Å². The molecule has 0 bridgehead atoms. The summed E-state index contributed by atoms with van der Waals surface area (Å²) in [5.41, 5.74) is 6.52. The van der Waals surface area contributed by atoms with E-state index >= 15 is 0 Å². The van der Waals surface area contributed by atoms with E-state index < -0.39 is 0 Å². The summed E-state index contributed by atoms with van der Waals surface area (Å²) in [6, 6.07) is 23.4. The van der Waals surface area contributed by atoms with Crippen LogP contribution in [-0.2, 0) is 4.74 Å². The fraction of sp³-hybridized carbons (Fsp3) is 0.179. The Bertz CT molecular complexity index is 1400. The summed E-state index contributed by atoms with van der Waals surface area (Å²) >= 11 is 5.88. The molecule has 1 saturated heterocycles. The zero-order valence-electron chi connectivity index (χ0n) is 19.8. The van der Waals surface area contributed by atoms with Crippen LogP contribution in [0.1, 0.15) is 45.0 Å². The quantitative estimate of drug-likeness (QED) is 0.301. The Morgan fingerprint density at radius 2 is 1.80 bits per heavy atom. The summed E-state index contributed by atoms with van der Waals surface area (Å²) in [5.74, 6) is -0.382. The first-order chi connectivity index (χ1) is 17.0. The van der Waals surface area contributed by atoms with Gasteiger partial charge in [0, 0.05) is 23.8 Å². The van der Waals surface area contributed by atoms with Crippen LogP contribution in [0.25, 0.3) is 5.69 Å². The number of aryl methyl sites for hydroxylation is 2. The number of hydrogen-bond donors (Lipinski definition) is 1. The third-order valence-corrected chi connectivity index (χ3v) is 6.83. The molecule has 2 unspecified atom stereocenters. The highest BCUT2D eigenvalue weighted by Gasteiger charge is 2.42. The number of ether oxygens (including phenoxy) is 1. The highest BCUT2D eigenvalue weighted by atomic mass is 32.1. The second-order valence-electron chi connectivity index (χ2n) is 8.58. The van der Waals surface area contributed by atoms with E-state index in [0.29, 0.717) is 10.7 Å². The Balaban J connectivity index is 1.70. The molecule has 2 aromatic heterocycles. The topological polar surface area (TPSA) is 59.4 Å². The predicted molar refractivity (Wildman–Crippen MR) is 141 cm³/mol. The molecular formula is C28H26N4O2S. The van der Waals surface area contributed by atoms with Crippen LogP contribution in [0, 0.1) is 13.8 Å². The monoisotopic (exact) mass is 482 g/mol. The van der Waals surface area contributed by atoms with E-state index in [1.165, 1.54) is 18.2 Å². The molecule has 0 radical (unpaired) electrons. The van der Waals surface area contributed by atoms with Crippen molar-refractivity contribution in [3.05, 3.63) is 113 Å². The average molecular weight is 483 g/mol. The number of hydrogen-bond acceptors (Lipinski definition) is 4. The number of benzene rings is 2. The SMILES string of the molecule is COC(=O)c1ccccc1-n1cccc1C1C(c2ccccn2)NC(=S)N1c1ccc(C)c(C)c1. The Hall–Kier alpha value is -3.97. The number of nitrogens with zero attached hydrogens (tertiary/aromatic N) is 3. The number of aromatic nitrogens is 2. The summed E-state index contributed by atoms with van der Waals surface area (Å²) in [6.45, 7) is 4.20.